The maximum atomic E-state index is 6.05. The summed E-state index contributed by atoms with van der Waals surface area (Å²) in [6.07, 6.45) is 0.479. The number of para-hydroxylation sites is 1. The van der Waals surface area contributed by atoms with Crippen molar-refractivity contribution in [3.8, 4) is 5.75 Å². The second-order valence-electron chi connectivity index (χ2n) is 4.64. The molecule has 0 radical (unpaired) electrons. The van der Waals surface area contributed by atoms with Crippen LogP contribution in [0.3, 0.4) is 0 Å². The Balaban J connectivity index is 1.93. The van der Waals surface area contributed by atoms with Crippen molar-refractivity contribution in [3.63, 3.8) is 0 Å². The van der Waals surface area contributed by atoms with Gasteiger partial charge in [0.1, 0.15) is 5.75 Å². The minimum absolute atomic E-state index is 0.0907. The molecule has 0 aromatic heterocycles. The molecule has 1 heterocycles. The monoisotopic (exact) mass is 236 g/mol. The van der Waals surface area contributed by atoms with Gasteiger partial charge in [0.2, 0.25) is 6.29 Å². The van der Waals surface area contributed by atoms with E-state index in [1.165, 1.54) is 0 Å². The van der Waals surface area contributed by atoms with Crippen LogP contribution in [0.4, 0.5) is 0 Å². The first-order valence-electron chi connectivity index (χ1n) is 5.93. The first-order valence-corrected chi connectivity index (χ1v) is 5.93. The molecule has 0 saturated heterocycles. The Morgan fingerprint density at radius 2 is 2.18 bits per heavy atom. The highest BCUT2D eigenvalue weighted by Crippen LogP contribution is 2.26. The molecule has 2 N–H and O–H groups in total. The molecule has 4 nitrogen and oxygen atoms in total. The van der Waals surface area contributed by atoms with Crippen LogP contribution in [-0.2, 0) is 11.2 Å². The van der Waals surface area contributed by atoms with Gasteiger partial charge in [-0.2, -0.15) is 0 Å². The topological polar surface area (TPSA) is 47.7 Å². The zero-order valence-electron chi connectivity index (χ0n) is 10.4. The first kappa shape index (κ1) is 12.4. The van der Waals surface area contributed by atoms with Crippen molar-refractivity contribution in [2.75, 3.05) is 27.2 Å². The highest BCUT2D eigenvalue weighted by Gasteiger charge is 2.27. The van der Waals surface area contributed by atoms with Crippen molar-refractivity contribution >= 4 is 0 Å². The zero-order valence-corrected chi connectivity index (χ0v) is 10.4. The number of hydrogen-bond donors (Lipinski definition) is 1. The molecule has 0 amide bonds. The van der Waals surface area contributed by atoms with Crippen LogP contribution >= 0.6 is 0 Å². The number of fused-ring (bicyclic) bond motifs is 1. The molecular formula is C13H20N2O2. The average molecular weight is 236 g/mol. The van der Waals surface area contributed by atoms with E-state index >= 15 is 0 Å². The molecule has 0 spiro atoms. The molecule has 1 aromatic rings. The maximum Gasteiger partial charge on any atom is 0.215 e. The number of likely N-dealkylation sites (N-methyl/N-ethyl adjacent to an activating group) is 1. The summed E-state index contributed by atoms with van der Waals surface area (Å²) in [5, 5.41) is 0. The van der Waals surface area contributed by atoms with Crippen LogP contribution in [0.2, 0.25) is 0 Å². The molecule has 0 bridgehead atoms. The number of hydrogen-bond acceptors (Lipinski definition) is 4. The normalized spacial score (nSPS) is 23.3. The molecule has 0 aliphatic carbocycles. The summed E-state index contributed by atoms with van der Waals surface area (Å²) in [5.74, 6) is 0.893. The lowest BCUT2D eigenvalue weighted by Gasteiger charge is -2.31. The predicted molar refractivity (Wildman–Crippen MR) is 67.0 cm³/mol. The number of rotatable bonds is 4. The van der Waals surface area contributed by atoms with Gasteiger partial charge in [-0.25, -0.2) is 0 Å². The van der Waals surface area contributed by atoms with Crippen LogP contribution in [-0.4, -0.2) is 44.5 Å². The lowest BCUT2D eigenvalue weighted by atomic mass is 10.0. The van der Waals surface area contributed by atoms with E-state index in [2.05, 4.69) is 4.90 Å². The Kier molecular flexibility index (Phi) is 3.99. The van der Waals surface area contributed by atoms with Gasteiger partial charge in [0, 0.05) is 6.54 Å². The van der Waals surface area contributed by atoms with Crippen LogP contribution in [0.5, 0.6) is 5.75 Å². The fourth-order valence-electron chi connectivity index (χ4n) is 1.86. The van der Waals surface area contributed by atoms with Crippen molar-refractivity contribution in [1.82, 2.24) is 4.90 Å². The van der Waals surface area contributed by atoms with E-state index in [1.54, 1.807) is 0 Å². The molecule has 0 fully saturated rings. The number of nitrogens with two attached hydrogens (primary N) is 1. The molecule has 1 aliphatic heterocycles. The number of benzene rings is 1. The highest BCUT2D eigenvalue weighted by atomic mass is 16.7. The zero-order chi connectivity index (χ0) is 12.3. The molecule has 1 aromatic carbocycles. The SMILES string of the molecule is CN(C)CCOC1Oc2ccccc2CC1N. The Labute approximate surface area is 102 Å². The lowest BCUT2D eigenvalue weighted by molar-refractivity contribution is -0.104. The van der Waals surface area contributed by atoms with E-state index in [4.69, 9.17) is 15.2 Å². The van der Waals surface area contributed by atoms with Gasteiger partial charge in [-0.1, -0.05) is 18.2 Å². The Hall–Kier alpha value is -1.10. The third-order valence-corrected chi connectivity index (χ3v) is 2.84. The van der Waals surface area contributed by atoms with Crippen molar-refractivity contribution < 1.29 is 9.47 Å². The first-order chi connectivity index (χ1) is 8.16. The van der Waals surface area contributed by atoms with E-state index in [9.17, 15) is 0 Å². The minimum Gasteiger partial charge on any atom is -0.463 e. The Bertz CT molecular complexity index is 368. The summed E-state index contributed by atoms with van der Waals surface area (Å²) in [5.41, 5.74) is 7.21. The fourth-order valence-corrected chi connectivity index (χ4v) is 1.86. The third-order valence-electron chi connectivity index (χ3n) is 2.84. The van der Waals surface area contributed by atoms with Gasteiger partial charge >= 0.3 is 0 Å². The van der Waals surface area contributed by atoms with Crippen molar-refractivity contribution in [3.05, 3.63) is 29.8 Å². The van der Waals surface area contributed by atoms with Gasteiger partial charge in [0.25, 0.3) is 0 Å². The fraction of sp³-hybridized carbons (Fsp3) is 0.538. The maximum absolute atomic E-state index is 6.05. The summed E-state index contributed by atoms with van der Waals surface area (Å²) in [4.78, 5) is 2.07. The Morgan fingerprint density at radius 1 is 1.41 bits per heavy atom. The summed E-state index contributed by atoms with van der Waals surface area (Å²) in [7, 11) is 4.03. The van der Waals surface area contributed by atoms with Gasteiger partial charge in [-0.3, -0.25) is 0 Å². The molecular weight excluding hydrogens is 216 g/mol. The van der Waals surface area contributed by atoms with Crippen LogP contribution in [0.15, 0.2) is 24.3 Å². The second kappa shape index (κ2) is 5.49. The molecule has 0 saturated carbocycles. The summed E-state index contributed by atoms with van der Waals surface area (Å²) >= 11 is 0. The minimum atomic E-state index is -0.329. The van der Waals surface area contributed by atoms with Crippen molar-refractivity contribution in [2.24, 2.45) is 5.73 Å². The molecule has 94 valence electrons. The molecule has 4 heteroatoms. The number of ether oxygens (including phenoxy) is 2. The quantitative estimate of drug-likeness (QED) is 0.842. The van der Waals surface area contributed by atoms with Gasteiger partial charge in [0.15, 0.2) is 0 Å². The molecule has 17 heavy (non-hydrogen) atoms. The molecule has 2 atom stereocenters. The van der Waals surface area contributed by atoms with Gasteiger partial charge in [0.05, 0.1) is 12.6 Å². The summed E-state index contributed by atoms with van der Waals surface area (Å²) in [6.45, 7) is 1.50. The van der Waals surface area contributed by atoms with E-state index in [0.717, 1.165) is 24.3 Å². The highest BCUT2D eigenvalue weighted by molar-refractivity contribution is 5.35. The van der Waals surface area contributed by atoms with E-state index in [0.29, 0.717) is 6.61 Å². The summed E-state index contributed by atoms with van der Waals surface area (Å²) < 4.78 is 11.4. The average Bonchev–Trinajstić information content (AvgIpc) is 2.29. The molecule has 2 rings (SSSR count). The Morgan fingerprint density at radius 3 is 2.94 bits per heavy atom. The molecule has 2 unspecified atom stereocenters. The predicted octanol–water partition coefficient (Wildman–Crippen LogP) is 0.853. The van der Waals surface area contributed by atoms with Crippen LogP contribution in [0, 0.1) is 0 Å². The van der Waals surface area contributed by atoms with Crippen molar-refractivity contribution in [1.29, 1.82) is 0 Å². The van der Waals surface area contributed by atoms with E-state index < -0.39 is 0 Å². The second-order valence-corrected chi connectivity index (χ2v) is 4.64. The summed E-state index contributed by atoms with van der Waals surface area (Å²) in [6, 6.07) is 7.88. The van der Waals surface area contributed by atoms with Gasteiger partial charge in [-0.15, -0.1) is 0 Å². The van der Waals surface area contributed by atoms with Gasteiger partial charge in [-0.05, 0) is 32.1 Å². The standard InChI is InChI=1S/C13H20N2O2/c1-15(2)7-8-16-13-11(14)9-10-5-3-4-6-12(10)17-13/h3-6,11,13H,7-9,14H2,1-2H3. The van der Waals surface area contributed by atoms with E-state index in [1.807, 2.05) is 38.4 Å². The van der Waals surface area contributed by atoms with Crippen LogP contribution < -0.4 is 10.5 Å². The smallest absolute Gasteiger partial charge is 0.215 e. The number of nitrogens with zero attached hydrogens (tertiary/aromatic N) is 1. The molecule has 1 aliphatic rings. The lowest BCUT2D eigenvalue weighted by Crippen LogP contribution is -2.46. The van der Waals surface area contributed by atoms with Crippen LogP contribution in [0.25, 0.3) is 0 Å². The van der Waals surface area contributed by atoms with Crippen LogP contribution in [0.1, 0.15) is 5.56 Å². The van der Waals surface area contributed by atoms with Crippen molar-refractivity contribution in [2.45, 2.75) is 18.8 Å². The van der Waals surface area contributed by atoms with Gasteiger partial charge < -0.3 is 20.1 Å². The largest absolute Gasteiger partial charge is 0.463 e. The third kappa shape index (κ3) is 3.19. The van der Waals surface area contributed by atoms with E-state index in [-0.39, 0.29) is 12.3 Å².